The third-order valence-corrected chi connectivity index (χ3v) is 3.45. The highest BCUT2D eigenvalue weighted by molar-refractivity contribution is 5.78. The van der Waals surface area contributed by atoms with E-state index in [1.807, 2.05) is 31.0 Å². The van der Waals surface area contributed by atoms with Crippen LogP contribution in [0.5, 0.6) is 0 Å². The van der Waals surface area contributed by atoms with Crippen molar-refractivity contribution in [1.29, 1.82) is 0 Å². The molecule has 7 heteroatoms. The highest BCUT2D eigenvalue weighted by atomic mass is 16.3. The molecule has 0 aliphatic heterocycles. The van der Waals surface area contributed by atoms with Crippen LogP contribution in [0, 0.1) is 6.92 Å². The second-order valence-electron chi connectivity index (χ2n) is 5.56. The number of likely N-dealkylation sites (N-methyl/N-ethyl adjacent to an activating group) is 1. The van der Waals surface area contributed by atoms with Crippen molar-refractivity contribution in [3.05, 3.63) is 47.8 Å². The Balaban J connectivity index is 1.91. The minimum absolute atomic E-state index is 0.0251. The van der Waals surface area contributed by atoms with Crippen LogP contribution < -0.4 is 0 Å². The van der Waals surface area contributed by atoms with Gasteiger partial charge in [-0.15, -0.1) is 0 Å². The number of rotatable bonds is 8. The van der Waals surface area contributed by atoms with Gasteiger partial charge >= 0.3 is 0 Å². The highest BCUT2D eigenvalue weighted by Crippen LogP contribution is 2.05. The zero-order chi connectivity index (χ0) is 16.7. The number of pyridine rings is 1. The lowest BCUT2D eigenvalue weighted by Gasteiger charge is -2.24. The zero-order valence-electron chi connectivity index (χ0n) is 13.6. The lowest BCUT2D eigenvalue weighted by atomic mass is 10.2. The molecule has 2 N–H and O–H groups in total. The van der Waals surface area contributed by atoms with Gasteiger partial charge in [0, 0.05) is 25.5 Å². The first-order valence-electron chi connectivity index (χ1n) is 7.55. The average molecular weight is 317 g/mol. The summed E-state index contributed by atoms with van der Waals surface area (Å²) in [5.74, 6) is 0.786. The Morgan fingerprint density at radius 1 is 1.30 bits per heavy atom. The summed E-state index contributed by atoms with van der Waals surface area (Å²) in [5, 5.41) is 9.20. The van der Waals surface area contributed by atoms with Gasteiger partial charge in [0.15, 0.2) is 0 Å². The normalized spacial score (nSPS) is 11.0. The molecule has 0 aliphatic rings. The van der Waals surface area contributed by atoms with E-state index in [-0.39, 0.29) is 19.1 Å². The lowest BCUT2D eigenvalue weighted by Crippen LogP contribution is -2.40. The maximum absolute atomic E-state index is 12.5. The number of amides is 1. The van der Waals surface area contributed by atoms with Crippen LogP contribution in [-0.2, 0) is 17.9 Å². The van der Waals surface area contributed by atoms with Gasteiger partial charge in [0.25, 0.3) is 0 Å². The van der Waals surface area contributed by atoms with Gasteiger partial charge in [0.1, 0.15) is 5.82 Å². The van der Waals surface area contributed by atoms with E-state index in [2.05, 4.69) is 15.0 Å². The van der Waals surface area contributed by atoms with E-state index in [0.29, 0.717) is 19.6 Å². The zero-order valence-corrected chi connectivity index (χ0v) is 13.6. The summed E-state index contributed by atoms with van der Waals surface area (Å²) in [6.45, 7) is 3.49. The minimum Gasteiger partial charge on any atom is -0.395 e. The van der Waals surface area contributed by atoms with Crippen LogP contribution in [0.25, 0.3) is 0 Å². The van der Waals surface area contributed by atoms with Crippen LogP contribution in [0.3, 0.4) is 0 Å². The molecular weight excluding hydrogens is 294 g/mol. The fraction of sp³-hybridized carbons (Fsp3) is 0.438. The lowest BCUT2D eigenvalue weighted by molar-refractivity contribution is -0.133. The molecule has 23 heavy (non-hydrogen) atoms. The summed E-state index contributed by atoms with van der Waals surface area (Å²) in [5.41, 5.74) is 1.97. The summed E-state index contributed by atoms with van der Waals surface area (Å²) >= 11 is 0. The number of aliphatic hydroxyl groups is 1. The van der Waals surface area contributed by atoms with Crippen molar-refractivity contribution in [1.82, 2.24) is 24.8 Å². The van der Waals surface area contributed by atoms with E-state index >= 15 is 0 Å². The van der Waals surface area contributed by atoms with Gasteiger partial charge in [-0.1, -0.05) is 0 Å². The molecule has 0 saturated carbocycles. The third kappa shape index (κ3) is 5.46. The van der Waals surface area contributed by atoms with Gasteiger partial charge in [0.2, 0.25) is 5.91 Å². The quantitative estimate of drug-likeness (QED) is 0.743. The SMILES string of the molecule is Cc1ncc(CN(CCO)C(=O)CN(C)Cc2ccncc2)[nH]1. The summed E-state index contributed by atoms with van der Waals surface area (Å²) in [6, 6.07) is 3.86. The topological polar surface area (TPSA) is 85.3 Å². The van der Waals surface area contributed by atoms with Crippen LogP contribution in [0.15, 0.2) is 30.7 Å². The molecule has 0 fully saturated rings. The smallest absolute Gasteiger partial charge is 0.237 e. The molecule has 2 heterocycles. The molecule has 0 aliphatic carbocycles. The highest BCUT2D eigenvalue weighted by Gasteiger charge is 2.16. The Morgan fingerprint density at radius 3 is 2.65 bits per heavy atom. The van der Waals surface area contributed by atoms with Crippen molar-refractivity contribution in [2.75, 3.05) is 26.7 Å². The number of imidazole rings is 1. The van der Waals surface area contributed by atoms with Gasteiger partial charge in [-0.3, -0.25) is 14.7 Å². The van der Waals surface area contributed by atoms with Gasteiger partial charge in [-0.05, 0) is 31.7 Å². The number of aromatic nitrogens is 3. The molecule has 2 rings (SSSR count). The molecule has 1 amide bonds. The average Bonchev–Trinajstić information content (AvgIpc) is 2.93. The Morgan fingerprint density at radius 2 is 2.04 bits per heavy atom. The van der Waals surface area contributed by atoms with E-state index in [1.54, 1.807) is 23.5 Å². The second kappa shape index (κ2) is 8.40. The molecule has 2 aromatic heterocycles. The van der Waals surface area contributed by atoms with Gasteiger partial charge < -0.3 is 15.0 Å². The number of H-pyrrole nitrogens is 1. The molecule has 0 unspecified atom stereocenters. The molecular formula is C16H23N5O2. The number of hydrogen-bond donors (Lipinski definition) is 2. The first-order valence-corrected chi connectivity index (χ1v) is 7.55. The van der Waals surface area contributed by atoms with Crippen molar-refractivity contribution < 1.29 is 9.90 Å². The molecule has 0 atom stereocenters. The molecule has 124 valence electrons. The standard InChI is InChI=1S/C16H23N5O2/c1-13-18-9-15(19-13)11-21(7-8-22)16(23)12-20(2)10-14-3-5-17-6-4-14/h3-6,9,22H,7-8,10-12H2,1-2H3,(H,18,19). The van der Waals surface area contributed by atoms with E-state index in [0.717, 1.165) is 17.1 Å². The van der Waals surface area contributed by atoms with Crippen molar-refractivity contribution in [3.63, 3.8) is 0 Å². The van der Waals surface area contributed by atoms with E-state index < -0.39 is 0 Å². The molecule has 0 radical (unpaired) electrons. The largest absolute Gasteiger partial charge is 0.395 e. The second-order valence-corrected chi connectivity index (χ2v) is 5.56. The Labute approximate surface area is 136 Å². The first kappa shape index (κ1) is 17.1. The van der Waals surface area contributed by atoms with Crippen LogP contribution >= 0.6 is 0 Å². The number of aliphatic hydroxyl groups excluding tert-OH is 1. The molecule has 0 spiro atoms. The number of carbonyl (C=O) groups is 1. The predicted octanol–water partition coefficient (Wildman–Crippen LogP) is 0.566. The number of nitrogens with zero attached hydrogens (tertiary/aromatic N) is 4. The minimum atomic E-state index is -0.0626. The Hall–Kier alpha value is -2.25. The number of nitrogens with one attached hydrogen (secondary N) is 1. The van der Waals surface area contributed by atoms with Crippen molar-refractivity contribution >= 4 is 5.91 Å². The van der Waals surface area contributed by atoms with Crippen LogP contribution in [0.4, 0.5) is 0 Å². The monoisotopic (exact) mass is 317 g/mol. The van der Waals surface area contributed by atoms with Crippen LogP contribution in [0.1, 0.15) is 17.1 Å². The third-order valence-electron chi connectivity index (χ3n) is 3.45. The summed E-state index contributed by atoms with van der Waals surface area (Å²) in [6.07, 6.45) is 5.20. The van der Waals surface area contributed by atoms with E-state index in [9.17, 15) is 9.90 Å². The van der Waals surface area contributed by atoms with Crippen molar-refractivity contribution in [3.8, 4) is 0 Å². The number of aromatic amines is 1. The number of aryl methyl sites for hydroxylation is 1. The molecule has 2 aromatic rings. The van der Waals surface area contributed by atoms with Crippen molar-refractivity contribution in [2.45, 2.75) is 20.0 Å². The maximum atomic E-state index is 12.5. The summed E-state index contributed by atoms with van der Waals surface area (Å²) in [4.78, 5) is 27.3. The van der Waals surface area contributed by atoms with Crippen molar-refractivity contribution in [2.24, 2.45) is 0 Å². The fourth-order valence-electron chi connectivity index (χ4n) is 2.36. The van der Waals surface area contributed by atoms with E-state index in [1.165, 1.54) is 0 Å². The number of carbonyl (C=O) groups excluding carboxylic acids is 1. The Kier molecular flexibility index (Phi) is 6.25. The maximum Gasteiger partial charge on any atom is 0.237 e. The molecule has 0 saturated heterocycles. The van der Waals surface area contributed by atoms with E-state index in [4.69, 9.17) is 0 Å². The first-order chi connectivity index (χ1) is 11.1. The Bertz CT molecular complexity index is 614. The summed E-state index contributed by atoms with van der Waals surface area (Å²) in [7, 11) is 1.90. The fourth-order valence-corrected chi connectivity index (χ4v) is 2.36. The van der Waals surface area contributed by atoms with Gasteiger partial charge in [0.05, 0.1) is 31.6 Å². The number of hydrogen-bond acceptors (Lipinski definition) is 5. The molecule has 0 aromatic carbocycles. The van der Waals surface area contributed by atoms with Crippen LogP contribution in [-0.4, -0.2) is 62.5 Å². The van der Waals surface area contributed by atoms with Gasteiger partial charge in [-0.2, -0.15) is 0 Å². The molecule has 7 nitrogen and oxygen atoms in total. The predicted molar refractivity (Wildman–Crippen MR) is 86.4 cm³/mol. The van der Waals surface area contributed by atoms with Gasteiger partial charge in [-0.25, -0.2) is 4.98 Å². The molecule has 0 bridgehead atoms. The van der Waals surface area contributed by atoms with Crippen LogP contribution in [0.2, 0.25) is 0 Å². The summed E-state index contributed by atoms with van der Waals surface area (Å²) < 4.78 is 0.